The maximum Gasteiger partial charge on any atom is 0.333 e. The number of carbonyl (C=O) groups is 3. The fourth-order valence-electron chi connectivity index (χ4n) is 5.93. The van der Waals surface area contributed by atoms with Crippen molar-refractivity contribution in [3.63, 3.8) is 0 Å². The first-order valence-electron chi connectivity index (χ1n) is 15.8. The molecule has 1 saturated heterocycles. The minimum atomic E-state index is -0.517. The number of amides is 2. The van der Waals surface area contributed by atoms with E-state index in [1.807, 2.05) is 23.5 Å². The summed E-state index contributed by atoms with van der Waals surface area (Å²) in [5.41, 5.74) is 6.70. The third kappa shape index (κ3) is 7.70. The van der Waals surface area contributed by atoms with Crippen LogP contribution in [0.4, 0.5) is 5.69 Å². The van der Waals surface area contributed by atoms with E-state index in [0.29, 0.717) is 17.4 Å². The number of fused-ring (bicyclic) bond motifs is 2. The second-order valence-electron chi connectivity index (χ2n) is 11.5. The maximum absolute atomic E-state index is 12.2. The second kappa shape index (κ2) is 15.7. The predicted molar refractivity (Wildman–Crippen MR) is 181 cm³/mol. The van der Waals surface area contributed by atoms with E-state index >= 15 is 0 Å². The molecule has 0 saturated carbocycles. The minimum Gasteiger partial charge on any atom is -0.340 e. The molecule has 5 rings (SSSR count). The molecule has 0 bridgehead atoms. The number of para-hydroxylation sites is 1. The van der Waals surface area contributed by atoms with Crippen LogP contribution in [0, 0.1) is 11.8 Å². The lowest BCUT2D eigenvalue weighted by Crippen LogP contribution is -2.36. The normalized spacial score (nSPS) is 20.4. The first-order valence-corrected chi connectivity index (χ1v) is 17.8. The Balaban J connectivity index is 1.32. The zero-order valence-corrected chi connectivity index (χ0v) is 27.3. The molecule has 1 fully saturated rings. The van der Waals surface area contributed by atoms with Crippen LogP contribution in [-0.4, -0.2) is 34.4 Å². The third-order valence-corrected chi connectivity index (χ3v) is 10.9. The second-order valence-corrected chi connectivity index (χ2v) is 14.0. The molecule has 2 aromatic carbocycles. The molecule has 44 heavy (non-hydrogen) atoms. The molecule has 0 spiro atoms. The minimum absolute atomic E-state index is 0.111. The summed E-state index contributed by atoms with van der Waals surface area (Å²) in [6.07, 6.45) is 12.1. The highest BCUT2D eigenvalue weighted by molar-refractivity contribution is 8.22. The summed E-state index contributed by atoms with van der Waals surface area (Å²) in [6.45, 7) is 5.42. The van der Waals surface area contributed by atoms with Gasteiger partial charge in [-0.2, -0.15) is 0 Å². The van der Waals surface area contributed by atoms with E-state index in [0.717, 1.165) is 30.9 Å². The fourth-order valence-corrected chi connectivity index (χ4v) is 8.70. The number of allylic oxidation sites excluding steroid dienone is 4. The highest BCUT2D eigenvalue weighted by atomic mass is 32.2. The molecule has 2 aromatic rings. The van der Waals surface area contributed by atoms with Crippen LogP contribution in [-0.2, 0) is 25.8 Å². The van der Waals surface area contributed by atoms with Gasteiger partial charge < -0.3 is 9.74 Å². The number of benzene rings is 2. The van der Waals surface area contributed by atoms with Crippen molar-refractivity contribution in [2.45, 2.75) is 71.8 Å². The molecule has 0 radical (unpaired) electrons. The van der Waals surface area contributed by atoms with Gasteiger partial charge in [0.05, 0.1) is 0 Å². The lowest BCUT2D eigenvalue weighted by atomic mass is 9.75. The van der Waals surface area contributed by atoms with Crippen molar-refractivity contribution < 1.29 is 19.2 Å². The molecule has 2 unspecified atom stereocenters. The summed E-state index contributed by atoms with van der Waals surface area (Å²) in [4.78, 5) is 43.2. The van der Waals surface area contributed by atoms with Crippen LogP contribution in [0.15, 0.2) is 82.8 Å². The Morgan fingerprint density at radius 1 is 0.909 bits per heavy atom. The van der Waals surface area contributed by atoms with Crippen LogP contribution in [0.5, 0.6) is 0 Å². The number of nitrogens with zero attached hydrogens (tertiary/aromatic N) is 2. The quantitative estimate of drug-likeness (QED) is 0.153. The molecular formula is C36H42N2O4S2. The summed E-state index contributed by atoms with van der Waals surface area (Å²) >= 11 is 3.94. The van der Waals surface area contributed by atoms with Crippen molar-refractivity contribution >= 4 is 52.6 Å². The van der Waals surface area contributed by atoms with E-state index in [1.54, 1.807) is 0 Å². The lowest BCUT2D eigenvalue weighted by molar-refractivity contribution is -0.197. The van der Waals surface area contributed by atoms with E-state index < -0.39 is 17.8 Å². The molecule has 2 amide bonds. The van der Waals surface area contributed by atoms with Gasteiger partial charge in [0.25, 0.3) is 11.8 Å². The van der Waals surface area contributed by atoms with Gasteiger partial charge in [-0.05, 0) is 60.0 Å². The van der Waals surface area contributed by atoms with Gasteiger partial charge in [0.2, 0.25) is 0 Å². The summed E-state index contributed by atoms with van der Waals surface area (Å²) < 4.78 is 1.41. The number of unbranched alkanes of at least 4 members (excludes halogenated alkanes) is 3. The van der Waals surface area contributed by atoms with E-state index in [-0.39, 0.29) is 25.2 Å². The van der Waals surface area contributed by atoms with Crippen LogP contribution in [0.2, 0.25) is 0 Å². The Morgan fingerprint density at radius 3 is 2.36 bits per heavy atom. The monoisotopic (exact) mass is 630 g/mol. The molecule has 2 atom stereocenters. The molecule has 2 heterocycles. The Bertz CT molecular complexity index is 1420. The summed E-state index contributed by atoms with van der Waals surface area (Å²) in [7, 11) is 0. The van der Waals surface area contributed by atoms with Crippen molar-refractivity contribution in [2.24, 2.45) is 11.8 Å². The molecule has 8 heteroatoms. The Hall–Kier alpha value is -3.23. The topological polar surface area (TPSA) is 66.9 Å². The molecule has 232 valence electrons. The average Bonchev–Trinajstić information content (AvgIpc) is 3.35. The van der Waals surface area contributed by atoms with Crippen molar-refractivity contribution in [2.75, 3.05) is 16.4 Å². The standard InChI is InChI=1S/C36H42N2O4S2/c1-3-4-23-43-36(44-24-12-6-9-20-33(41)42-38-31(39)21-22-32(38)40)35-28-17-10-11-18-29(28)37(25-27-15-7-5-8-16-27)30-19-13-14-26(2)34(30)35/h5,7-8,10-11,13-19,26,34H,3-4,6,9,12,20-25H2,1-2H3/b36-35+. The van der Waals surface area contributed by atoms with Crippen LogP contribution >= 0.6 is 23.5 Å². The number of hydrogen-bond donors (Lipinski definition) is 0. The Morgan fingerprint density at radius 2 is 1.61 bits per heavy atom. The van der Waals surface area contributed by atoms with E-state index in [4.69, 9.17) is 4.84 Å². The molecule has 1 aliphatic carbocycles. The van der Waals surface area contributed by atoms with Gasteiger partial charge >= 0.3 is 5.97 Å². The van der Waals surface area contributed by atoms with E-state index in [1.165, 1.54) is 45.2 Å². The molecule has 6 nitrogen and oxygen atoms in total. The maximum atomic E-state index is 12.2. The van der Waals surface area contributed by atoms with Gasteiger partial charge in [0.15, 0.2) is 0 Å². The molecule has 3 aliphatic rings. The number of carbonyl (C=O) groups excluding carboxylic acids is 3. The van der Waals surface area contributed by atoms with Gasteiger partial charge in [-0.15, -0.1) is 28.6 Å². The number of rotatable bonds is 14. The lowest BCUT2D eigenvalue weighted by Gasteiger charge is -2.44. The van der Waals surface area contributed by atoms with Crippen LogP contribution < -0.4 is 4.90 Å². The summed E-state index contributed by atoms with van der Waals surface area (Å²) in [6, 6.07) is 19.6. The zero-order valence-electron chi connectivity index (χ0n) is 25.7. The highest BCUT2D eigenvalue weighted by Gasteiger charge is 2.38. The molecular weight excluding hydrogens is 589 g/mol. The zero-order chi connectivity index (χ0) is 30.9. The SMILES string of the molecule is CCCCS/C(SCCCCCC(=O)ON1C(=O)CCC1=O)=C1/c2ccccc2N(Cc2ccccc2)C2=CC=CC(C)C21. The largest absolute Gasteiger partial charge is 0.340 e. The number of hydroxylamine groups is 2. The van der Waals surface area contributed by atoms with E-state index in [2.05, 4.69) is 91.6 Å². The predicted octanol–water partition coefficient (Wildman–Crippen LogP) is 8.52. The average molecular weight is 631 g/mol. The van der Waals surface area contributed by atoms with Crippen molar-refractivity contribution in [1.29, 1.82) is 0 Å². The van der Waals surface area contributed by atoms with Crippen molar-refractivity contribution in [3.05, 3.63) is 93.9 Å². The van der Waals surface area contributed by atoms with Gasteiger partial charge in [-0.3, -0.25) is 9.59 Å². The van der Waals surface area contributed by atoms with Crippen molar-refractivity contribution in [1.82, 2.24) is 5.06 Å². The first-order chi connectivity index (χ1) is 21.5. The van der Waals surface area contributed by atoms with Crippen molar-refractivity contribution in [3.8, 4) is 0 Å². The summed E-state index contributed by atoms with van der Waals surface area (Å²) in [5, 5.41) is 0.636. The number of imide groups is 1. The highest BCUT2D eigenvalue weighted by Crippen LogP contribution is 2.53. The Kier molecular flexibility index (Phi) is 11.5. The first kappa shape index (κ1) is 32.2. The smallest absolute Gasteiger partial charge is 0.333 e. The third-order valence-electron chi connectivity index (χ3n) is 8.23. The van der Waals surface area contributed by atoms with Gasteiger partial charge in [0.1, 0.15) is 0 Å². The van der Waals surface area contributed by atoms with Crippen LogP contribution in [0.1, 0.15) is 76.3 Å². The van der Waals surface area contributed by atoms with Crippen LogP contribution in [0.25, 0.3) is 5.57 Å². The van der Waals surface area contributed by atoms with Gasteiger partial charge in [-0.25, -0.2) is 4.79 Å². The molecule has 0 N–H and O–H groups in total. The summed E-state index contributed by atoms with van der Waals surface area (Å²) in [5.74, 6) is 1.32. The molecule has 0 aromatic heterocycles. The fraction of sp³-hybridized carbons (Fsp3) is 0.417. The number of hydrogen-bond acceptors (Lipinski definition) is 7. The van der Waals surface area contributed by atoms with E-state index in [9.17, 15) is 14.4 Å². The number of thioether (sulfide) groups is 2. The van der Waals surface area contributed by atoms with Crippen LogP contribution in [0.3, 0.4) is 0 Å². The van der Waals surface area contributed by atoms with Gasteiger partial charge in [-0.1, -0.05) is 87.4 Å². The Labute approximate surface area is 269 Å². The molecule has 2 aliphatic heterocycles. The van der Waals surface area contributed by atoms with Gasteiger partial charge in [0, 0.05) is 52.9 Å². The number of anilines is 1.